The third-order valence-corrected chi connectivity index (χ3v) is 4.28. The smallest absolute Gasteiger partial charge is 0.247 e. The summed E-state index contributed by atoms with van der Waals surface area (Å²) in [5.41, 5.74) is 2.17. The molecule has 0 radical (unpaired) electrons. The van der Waals surface area contributed by atoms with Crippen molar-refractivity contribution >= 4 is 22.8 Å². The number of ether oxygens (including phenoxy) is 1. The Labute approximate surface area is 152 Å². The highest BCUT2D eigenvalue weighted by Crippen LogP contribution is 2.29. The zero-order chi connectivity index (χ0) is 18.5. The summed E-state index contributed by atoms with van der Waals surface area (Å²) in [6.45, 7) is 2.17. The van der Waals surface area contributed by atoms with Crippen molar-refractivity contribution in [2.45, 2.75) is 13.5 Å². The Kier molecular flexibility index (Phi) is 5.23. The van der Waals surface area contributed by atoms with Crippen LogP contribution in [0.1, 0.15) is 18.1 Å². The lowest BCUT2D eigenvalue weighted by Gasteiger charge is -2.09. The van der Waals surface area contributed by atoms with Crippen LogP contribution in [0.15, 0.2) is 66.2 Å². The maximum Gasteiger partial charge on any atom is 0.247 e. The number of hydrogen-bond donors (Lipinski definition) is 2. The van der Waals surface area contributed by atoms with Gasteiger partial charge in [0.15, 0.2) is 0 Å². The minimum Gasteiger partial charge on any atom is -0.507 e. The molecule has 0 fully saturated rings. The average Bonchev–Trinajstić information content (AvgIpc) is 2.68. The highest BCUT2D eigenvalue weighted by molar-refractivity contribution is 6.01. The quantitative estimate of drug-likeness (QED) is 0.678. The Morgan fingerprint density at radius 2 is 1.81 bits per heavy atom. The Hall–Kier alpha value is -3.27. The van der Waals surface area contributed by atoms with Gasteiger partial charge in [-0.05, 0) is 47.5 Å². The van der Waals surface area contributed by atoms with E-state index in [1.165, 1.54) is 0 Å². The van der Waals surface area contributed by atoms with Gasteiger partial charge in [0, 0.05) is 17.7 Å². The fourth-order valence-corrected chi connectivity index (χ4v) is 2.78. The third kappa shape index (κ3) is 3.86. The van der Waals surface area contributed by atoms with Crippen LogP contribution in [0.25, 0.3) is 16.8 Å². The maximum absolute atomic E-state index is 12.4. The number of fused-ring (bicyclic) bond motifs is 1. The Morgan fingerprint density at radius 1 is 1.08 bits per heavy atom. The number of benzene rings is 3. The summed E-state index contributed by atoms with van der Waals surface area (Å²) in [6.07, 6.45) is 1.72. The lowest BCUT2D eigenvalue weighted by Crippen LogP contribution is -2.23. The molecule has 0 aliphatic heterocycles. The van der Waals surface area contributed by atoms with Crippen molar-refractivity contribution < 1.29 is 14.6 Å². The molecule has 0 aliphatic carbocycles. The van der Waals surface area contributed by atoms with E-state index in [9.17, 15) is 9.90 Å². The van der Waals surface area contributed by atoms with Crippen molar-refractivity contribution in [1.82, 2.24) is 5.32 Å². The number of methoxy groups -OCH3 is 1. The Bertz CT molecular complexity index is 959. The number of phenolic OH excluding ortho intramolecular Hbond substituents is 1. The first-order valence-corrected chi connectivity index (χ1v) is 8.38. The van der Waals surface area contributed by atoms with Crippen LogP contribution in [0.2, 0.25) is 0 Å². The second-order valence-corrected chi connectivity index (χ2v) is 6.08. The second-order valence-electron chi connectivity index (χ2n) is 6.08. The monoisotopic (exact) mass is 347 g/mol. The summed E-state index contributed by atoms with van der Waals surface area (Å²) < 4.78 is 5.13. The SMILES string of the molecule is COc1ccc(CNC(=O)/C(C)=C/c2c(O)ccc3ccccc23)cc1. The third-order valence-electron chi connectivity index (χ3n) is 4.28. The first-order chi connectivity index (χ1) is 12.6. The van der Waals surface area contributed by atoms with E-state index in [0.717, 1.165) is 22.1 Å². The summed E-state index contributed by atoms with van der Waals surface area (Å²) in [7, 11) is 1.62. The van der Waals surface area contributed by atoms with Gasteiger partial charge in [-0.15, -0.1) is 0 Å². The molecule has 3 aromatic rings. The van der Waals surface area contributed by atoms with Crippen LogP contribution in [0.4, 0.5) is 0 Å². The summed E-state index contributed by atoms with van der Waals surface area (Å²) in [5, 5.41) is 15.0. The maximum atomic E-state index is 12.4. The van der Waals surface area contributed by atoms with E-state index in [2.05, 4.69) is 5.32 Å². The van der Waals surface area contributed by atoms with Crippen molar-refractivity contribution in [1.29, 1.82) is 0 Å². The largest absolute Gasteiger partial charge is 0.507 e. The molecule has 0 atom stereocenters. The molecule has 1 amide bonds. The molecule has 26 heavy (non-hydrogen) atoms. The number of amides is 1. The van der Waals surface area contributed by atoms with Gasteiger partial charge < -0.3 is 15.2 Å². The molecular formula is C22H21NO3. The highest BCUT2D eigenvalue weighted by Gasteiger charge is 2.09. The van der Waals surface area contributed by atoms with Crippen LogP contribution in [0, 0.1) is 0 Å². The average molecular weight is 347 g/mol. The molecule has 0 spiro atoms. The topological polar surface area (TPSA) is 58.6 Å². The Balaban J connectivity index is 1.76. The van der Waals surface area contributed by atoms with Gasteiger partial charge >= 0.3 is 0 Å². The lowest BCUT2D eigenvalue weighted by atomic mass is 10.0. The summed E-state index contributed by atoms with van der Waals surface area (Å²) in [6, 6.07) is 18.8. The molecule has 2 N–H and O–H groups in total. The number of hydrogen-bond acceptors (Lipinski definition) is 3. The van der Waals surface area contributed by atoms with Gasteiger partial charge in [0.05, 0.1) is 7.11 Å². The van der Waals surface area contributed by atoms with Crippen LogP contribution in [0.3, 0.4) is 0 Å². The van der Waals surface area contributed by atoms with E-state index in [1.54, 1.807) is 26.2 Å². The number of aromatic hydroxyl groups is 1. The molecule has 0 aromatic heterocycles. The highest BCUT2D eigenvalue weighted by atomic mass is 16.5. The van der Waals surface area contributed by atoms with Crippen LogP contribution in [0.5, 0.6) is 11.5 Å². The number of phenols is 1. The fraction of sp³-hybridized carbons (Fsp3) is 0.136. The van der Waals surface area contributed by atoms with Crippen molar-refractivity contribution in [3.8, 4) is 11.5 Å². The number of rotatable bonds is 5. The predicted molar refractivity (Wildman–Crippen MR) is 104 cm³/mol. The number of nitrogens with one attached hydrogen (secondary N) is 1. The summed E-state index contributed by atoms with van der Waals surface area (Å²) in [5.74, 6) is 0.766. The molecule has 0 aliphatic rings. The lowest BCUT2D eigenvalue weighted by molar-refractivity contribution is -0.117. The minimum atomic E-state index is -0.173. The van der Waals surface area contributed by atoms with Gasteiger partial charge in [-0.25, -0.2) is 0 Å². The normalized spacial score (nSPS) is 11.4. The van der Waals surface area contributed by atoms with E-state index >= 15 is 0 Å². The van der Waals surface area contributed by atoms with Gasteiger partial charge in [0.1, 0.15) is 11.5 Å². The molecule has 132 valence electrons. The van der Waals surface area contributed by atoms with Gasteiger partial charge in [-0.2, -0.15) is 0 Å². The van der Waals surface area contributed by atoms with E-state index in [-0.39, 0.29) is 11.7 Å². The minimum absolute atomic E-state index is 0.158. The van der Waals surface area contributed by atoms with Gasteiger partial charge in [-0.1, -0.05) is 42.5 Å². The van der Waals surface area contributed by atoms with E-state index < -0.39 is 0 Å². The molecule has 4 heteroatoms. The predicted octanol–water partition coefficient (Wildman–Crippen LogP) is 4.27. The van der Waals surface area contributed by atoms with Crippen LogP contribution in [-0.2, 0) is 11.3 Å². The van der Waals surface area contributed by atoms with Gasteiger partial charge in [0.25, 0.3) is 0 Å². The molecule has 0 bridgehead atoms. The van der Waals surface area contributed by atoms with Crippen molar-refractivity contribution in [2.24, 2.45) is 0 Å². The first-order valence-electron chi connectivity index (χ1n) is 8.38. The van der Waals surface area contributed by atoms with Crippen LogP contribution < -0.4 is 10.1 Å². The first kappa shape index (κ1) is 17.5. The van der Waals surface area contributed by atoms with E-state index in [4.69, 9.17) is 4.74 Å². The molecule has 4 nitrogen and oxygen atoms in total. The standard InChI is InChI=1S/C22H21NO3/c1-15(22(25)23-14-16-7-10-18(26-2)11-8-16)13-20-19-6-4-3-5-17(19)9-12-21(20)24/h3-13,24H,14H2,1-2H3,(H,23,25)/b15-13+. The second kappa shape index (κ2) is 7.74. The van der Waals surface area contributed by atoms with Crippen LogP contribution >= 0.6 is 0 Å². The van der Waals surface area contributed by atoms with Gasteiger partial charge in [-0.3, -0.25) is 4.79 Å². The van der Waals surface area contributed by atoms with E-state index in [1.807, 2.05) is 54.6 Å². The van der Waals surface area contributed by atoms with Crippen molar-refractivity contribution in [3.63, 3.8) is 0 Å². The molecule has 0 saturated carbocycles. The summed E-state index contributed by atoms with van der Waals surface area (Å²) >= 11 is 0. The molecule has 0 unspecified atom stereocenters. The van der Waals surface area contributed by atoms with E-state index in [0.29, 0.717) is 17.7 Å². The zero-order valence-corrected chi connectivity index (χ0v) is 14.8. The van der Waals surface area contributed by atoms with Crippen molar-refractivity contribution in [3.05, 3.63) is 77.4 Å². The molecule has 3 rings (SSSR count). The number of carbonyl (C=O) groups is 1. The molecule has 0 heterocycles. The van der Waals surface area contributed by atoms with Gasteiger partial charge in [0.2, 0.25) is 5.91 Å². The summed E-state index contributed by atoms with van der Waals surface area (Å²) in [4.78, 5) is 12.4. The molecular weight excluding hydrogens is 326 g/mol. The van der Waals surface area contributed by atoms with Crippen molar-refractivity contribution in [2.75, 3.05) is 7.11 Å². The number of carbonyl (C=O) groups excluding carboxylic acids is 1. The molecule has 3 aromatic carbocycles. The molecule has 0 saturated heterocycles. The fourth-order valence-electron chi connectivity index (χ4n) is 2.78. The Morgan fingerprint density at radius 3 is 2.54 bits per heavy atom. The zero-order valence-electron chi connectivity index (χ0n) is 14.8. The van der Waals surface area contributed by atoms with Crippen LogP contribution in [-0.4, -0.2) is 18.1 Å².